The molecule has 0 radical (unpaired) electrons. The van der Waals surface area contributed by atoms with Gasteiger partial charge in [-0.15, -0.1) is 0 Å². The van der Waals surface area contributed by atoms with Gasteiger partial charge in [0.25, 0.3) is 0 Å². The third kappa shape index (κ3) is 3.40. The summed E-state index contributed by atoms with van der Waals surface area (Å²) >= 11 is 1.97. The fourth-order valence-electron chi connectivity index (χ4n) is 1.95. The molecule has 0 aromatic heterocycles. The smallest absolute Gasteiger partial charge is 0.240 e. The van der Waals surface area contributed by atoms with Gasteiger partial charge < -0.3 is 5.32 Å². The van der Waals surface area contributed by atoms with Crippen molar-refractivity contribution in [3.05, 3.63) is 24.3 Å². The molecule has 1 aliphatic rings. The minimum absolute atomic E-state index is 0.306. The maximum Gasteiger partial charge on any atom is 0.240 e. The predicted octanol–water partition coefficient (Wildman–Crippen LogP) is 1.90. The molecular weight excluding hydrogens is 268 g/mol. The maximum absolute atomic E-state index is 11.7. The van der Waals surface area contributed by atoms with Crippen LogP contribution < -0.4 is 10.0 Å². The van der Waals surface area contributed by atoms with Gasteiger partial charge in [0.2, 0.25) is 10.0 Å². The molecule has 18 heavy (non-hydrogen) atoms. The van der Waals surface area contributed by atoms with E-state index >= 15 is 0 Å². The van der Waals surface area contributed by atoms with Crippen LogP contribution in [0.5, 0.6) is 0 Å². The number of thioether (sulfide) groups is 1. The number of anilines is 1. The van der Waals surface area contributed by atoms with Gasteiger partial charge in [0.1, 0.15) is 0 Å². The zero-order valence-corrected chi connectivity index (χ0v) is 12.0. The fourth-order valence-corrected chi connectivity index (χ4v) is 3.83. The number of nitrogens with one attached hydrogen (secondary N) is 2. The Labute approximate surface area is 113 Å². The van der Waals surface area contributed by atoms with E-state index in [1.165, 1.54) is 18.6 Å². The third-order valence-corrected chi connectivity index (χ3v) is 5.47. The number of sulfonamides is 1. The Morgan fingerprint density at radius 1 is 1.28 bits per heavy atom. The second-order valence-electron chi connectivity index (χ2n) is 4.27. The van der Waals surface area contributed by atoms with E-state index in [1.807, 2.05) is 17.8 Å². The highest BCUT2D eigenvalue weighted by molar-refractivity contribution is 7.99. The number of benzene rings is 1. The summed E-state index contributed by atoms with van der Waals surface area (Å²) in [5, 5.41) is 3.41. The molecule has 6 heteroatoms. The topological polar surface area (TPSA) is 58.2 Å². The van der Waals surface area contributed by atoms with Gasteiger partial charge >= 0.3 is 0 Å². The molecule has 1 aliphatic heterocycles. The molecule has 100 valence electrons. The molecule has 1 aromatic rings. The van der Waals surface area contributed by atoms with Crippen LogP contribution in [0.3, 0.4) is 0 Å². The van der Waals surface area contributed by atoms with Crippen LogP contribution in [0.1, 0.15) is 12.8 Å². The van der Waals surface area contributed by atoms with Gasteiger partial charge in [-0.1, -0.05) is 6.07 Å². The Morgan fingerprint density at radius 2 is 2.00 bits per heavy atom. The summed E-state index contributed by atoms with van der Waals surface area (Å²) in [6, 6.07) is 7.43. The van der Waals surface area contributed by atoms with E-state index in [0.29, 0.717) is 10.9 Å². The SMILES string of the molecule is CNS(=O)(=O)c1cccc(NC2CCSCC2)c1. The molecule has 2 rings (SSSR count). The molecule has 0 amide bonds. The van der Waals surface area contributed by atoms with Crippen LogP contribution in [-0.2, 0) is 10.0 Å². The standard InChI is InChI=1S/C12H18N2O2S2/c1-13-18(15,16)12-4-2-3-11(9-12)14-10-5-7-17-8-6-10/h2-4,9-10,13-14H,5-8H2,1H3. The lowest BCUT2D eigenvalue weighted by molar-refractivity contribution is 0.588. The third-order valence-electron chi connectivity index (χ3n) is 3.01. The Hall–Kier alpha value is -0.720. The van der Waals surface area contributed by atoms with Crippen LogP contribution in [-0.4, -0.2) is 33.0 Å². The normalized spacial score (nSPS) is 17.6. The van der Waals surface area contributed by atoms with Crippen molar-refractivity contribution in [3.8, 4) is 0 Å². The zero-order chi connectivity index (χ0) is 13.0. The molecule has 4 nitrogen and oxygen atoms in total. The largest absolute Gasteiger partial charge is 0.382 e. The molecule has 0 aliphatic carbocycles. The predicted molar refractivity (Wildman–Crippen MR) is 76.7 cm³/mol. The first-order valence-electron chi connectivity index (χ1n) is 6.00. The molecule has 0 spiro atoms. The average molecular weight is 286 g/mol. The van der Waals surface area contributed by atoms with Crippen LogP contribution >= 0.6 is 11.8 Å². The second-order valence-corrected chi connectivity index (χ2v) is 7.38. The molecule has 0 bridgehead atoms. The van der Waals surface area contributed by atoms with Crippen LogP contribution in [0.4, 0.5) is 5.69 Å². The highest BCUT2D eigenvalue weighted by Gasteiger charge is 2.15. The first kappa shape index (κ1) is 13.7. The Kier molecular flexibility index (Phi) is 4.53. The minimum atomic E-state index is -3.36. The lowest BCUT2D eigenvalue weighted by atomic mass is 10.1. The quantitative estimate of drug-likeness (QED) is 0.887. The number of hydrogen-bond acceptors (Lipinski definition) is 4. The van der Waals surface area contributed by atoms with E-state index in [-0.39, 0.29) is 0 Å². The van der Waals surface area contributed by atoms with Crippen molar-refractivity contribution >= 4 is 27.5 Å². The van der Waals surface area contributed by atoms with Crippen LogP contribution in [0.25, 0.3) is 0 Å². The Bertz CT molecular complexity index is 497. The first-order chi connectivity index (χ1) is 8.62. The molecule has 2 N–H and O–H groups in total. The van der Waals surface area contributed by atoms with Crippen molar-refractivity contribution < 1.29 is 8.42 Å². The van der Waals surface area contributed by atoms with Crippen molar-refractivity contribution in [2.45, 2.75) is 23.8 Å². The van der Waals surface area contributed by atoms with Gasteiger partial charge in [-0.3, -0.25) is 0 Å². The number of hydrogen-bond donors (Lipinski definition) is 2. The van der Waals surface area contributed by atoms with Gasteiger partial charge in [0, 0.05) is 11.7 Å². The highest BCUT2D eigenvalue weighted by atomic mass is 32.2. The van der Waals surface area contributed by atoms with Crippen LogP contribution in [0.2, 0.25) is 0 Å². The molecule has 1 saturated heterocycles. The van der Waals surface area contributed by atoms with Gasteiger partial charge in [-0.05, 0) is 49.6 Å². The van der Waals surface area contributed by atoms with E-state index in [1.54, 1.807) is 18.2 Å². The van der Waals surface area contributed by atoms with Crippen molar-refractivity contribution in [1.29, 1.82) is 0 Å². The van der Waals surface area contributed by atoms with Gasteiger partial charge in [-0.25, -0.2) is 13.1 Å². The molecule has 0 unspecified atom stereocenters. The fraction of sp³-hybridized carbons (Fsp3) is 0.500. The van der Waals surface area contributed by atoms with Crippen molar-refractivity contribution in [2.75, 3.05) is 23.9 Å². The van der Waals surface area contributed by atoms with Crippen LogP contribution in [0.15, 0.2) is 29.2 Å². The average Bonchev–Trinajstić information content (AvgIpc) is 2.40. The monoisotopic (exact) mass is 286 g/mol. The summed E-state index contributed by atoms with van der Waals surface area (Å²) < 4.78 is 25.7. The summed E-state index contributed by atoms with van der Waals surface area (Å²) in [5.74, 6) is 2.35. The molecule has 1 heterocycles. The van der Waals surface area contributed by atoms with Gasteiger partial charge in [0.05, 0.1) is 4.90 Å². The summed E-state index contributed by atoms with van der Waals surface area (Å²) in [5.41, 5.74) is 0.878. The van der Waals surface area contributed by atoms with Gasteiger partial charge in [-0.2, -0.15) is 11.8 Å². The van der Waals surface area contributed by atoms with Crippen LogP contribution in [0, 0.1) is 0 Å². The molecule has 0 saturated carbocycles. The summed E-state index contributed by atoms with van der Waals surface area (Å²) in [4.78, 5) is 0.306. The maximum atomic E-state index is 11.7. The van der Waals surface area contributed by atoms with Gasteiger partial charge in [0.15, 0.2) is 0 Å². The second kappa shape index (κ2) is 5.95. The lowest BCUT2D eigenvalue weighted by Crippen LogP contribution is -2.24. The van der Waals surface area contributed by atoms with E-state index in [2.05, 4.69) is 10.0 Å². The van der Waals surface area contributed by atoms with E-state index in [0.717, 1.165) is 18.5 Å². The van der Waals surface area contributed by atoms with E-state index in [9.17, 15) is 8.42 Å². The van der Waals surface area contributed by atoms with E-state index in [4.69, 9.17) is 0 Å². The van der Waals surface area contributed by atoms with Crippen molar-refractivity contribution in [2.24, 2.45) is 0 Å². The van der Waals surface area contributed by atoms with Crippen molar-refractivity contribution in [1.82, 2.24) is 4.72 Å². The van der Waals surface area contributed by atoms with E-state index < -0.39 is 10.0 Å². The van der Waals surface area contributed by atoms with Crippen molar-refractivity contribution in [3.63, 3.8) is 0 Å². The lowest BCUT2D eigenvalue weighted by Gasteiger charge is -2.23. The minimum Gasteiger partial charge on any atom is -0.382 e. The Morgan fingerprint density at radius 3 is 2.67 bits per heavy atom. The summed E-state index contributed by atoms with van der Waals surface area (Å²) in [7, 11) is -1.93. The zero-order valence-electron chi connectivity index (χ0n) is 10.3. The Balaban J connectivity index is 2.12. The molecule has 0 atom stereocenters. The number of rotatable bonds is 4. The first-order valence-corrected chi connectivity index (χ1v) is 8.63. The summed E-state index contributed by atoms with van der Waals surface area (Å²) in [6.45, 7) is 0. The molecule has 1 fully saturated rings. The highest BCUT2D eigenvalue weighted by Crippen LogP contribution is 2.22. The molecular formula is C12H18N2O2S2. The molecule has 1 aromatic carbocycles. The summed E-state index contributed by atoms with van der Waals surface area (Å²) in [6.07, 6.45) is 2.27.